The second-order valence-electron chi connectivity index (χ2n) is 5.93. The number of benzene rings is 1. The van der Waals surface area contributed by atoms with Crippen molar-refractivity contribution in [1.29, 1.82) is 0 Å². The fourth-order valence-corrected chi connectivity index (χ4v) is 3.82. The third kappa shape index (κ3) is 3.45. The lowest BCUT2D eigenvalue weighted by Crippen LogP contribution is -2.35. The molecule has 138 valence electrons. The molecule has 0 radical (unpaired) electrons. The molecule has 1 aliphatic heterocycles. The monoisotopic (exact) mass is 389 g/mol. The van der Waals surface area contributed by atoms with Crippen molar-refractivity contribution in [3.05, 3.63) is 70.1 Å². The summed E-state index contributed by atoms with van der Waals surface area (Å²) in [6, 6.07) is 6.26. The van der Waals surface area contributed by atoms with Gasteiger partial charge in [0.15, 0.2) is 22.5 Å². The molecule has 27 heavy (non-hydrogen) atoms. The van der Waals surface area contributed by atoms with E-state index in [0.717, 1.165) is 22.7 Å². The number of hydrogen-bond acceptors (Lipinski definition) is 5. The lowest BCUT2D eigenvalue weighted by molar-refractivity contribution is 0.0735. The summed E-state index contributed by atoms with van der Waals surface area (Å²) < 4.78 is 31.5. The first-order valence-electron chi connectivity index (χ1n) is 8.09. The zero-order valence-electron chi connectivity index (χ0n) is 13.9. The average molecular weight is 389 g/mol. The molecule has 0 fully saturated rings. The molecule has 0 unspecified atom stereocenters. The maximum atomic E-state index is 13.4. The summed E-state index contributed by atoms with van der Waals surface area (Å²) in [5.74, 6) is -2.65. The highest BCUT2D eigenvalue weighted by atomic mass is 32.1. The Balaban J connectivity index is 1.48. The zero-order chi connectivity index (χ0) is 19.0. The summed E-state index contributed by atoms with van der Waals surface area (Å²) in [6.07, 6.45) is 1.92. The first kappa shape index (κ1) is 17.3. The summed E-state index contributed by atoms with van der Waals surface area (Å²) in [7, 11) is 0. The minimum Gasteiger partial charge on any atom is -0.459 e. The number of fused-ring (bicyclic) bond motifs is 1. The highest BCUT2D eigenvalue weighted by molar-refractivity contribution is 7.15. The number of hydrogen-bond donors (Lipinski definition) is 1. The number of halogens is 2. The Morgan fingerprint density at radius 1 is 1.22 bits per heavy atom. The van der Waals surface area contributed by atoms with E-state index in [9.17, 15) is 18.4 Å². The minimum atomic E-state index is -1.06. The summed E-state index contributed by atoms with van der Waals surface area (Å²) >= 11 is 1.27. The Labute approximate surface area is 156 Å². The second kappa shape index (κ2) is 6.92. The molecule has 0 aliphatic carbocycles. The molecule has 0 saturated heterocycles. The number of rotatable bonds is 3. The first-order chi connectivity index (χ1) is 13.0. The molecule has 1 aromatic carbocycles. The van der Waals surface area contributed by atoms with Crippen molar-refractivity contribution < 1.29 is 22.8 Å². The first-order valence-corrected chi connectivity index (χ1v) is 8.90. The second-order valence-corrected chi connectivity index (χ2v) is 7.01. The van der Waals surface area contributed by atoms with Crippen molar-refractivity contribution in [1.82, 2.24) is 9.88 Å². The fourth-order valence-electron chi connectivity index (χ4n) is 2.80. The van der Waals surface area contributed by atoms with E-state index in [1.54, 1.807) is 17.0 Å². The molecule has 4 rings (SSSR count). The highest BCUT2D eigenvalue weighted by Gasteiger charge is 2.26. The van der Waals surface area contributed by atoms with E-state index in [4.69, 9.17) is 4.42 Å². The van der Waals surface area contributed by atoms with E-state index in [2.05, 4.69) is 10.3 Å². The van der Waals surface area contributed by atoms with Gasteiger partial charge in [0.05, 0.1) is 18.5 Å². The number of furan rings is 1. The minimum absolute atomic E-state index is 0.0909. The van der Waals surface area contributed by atoms with Gasteiger partial charge in [0.1, 0.15) is 0 Å². The molecule has 0 atom stereocenters. The van der Waals surface area contributed by atoms with Crippen LogP contribution in [0.25, 0.3) is 0 Å². The molecule has 1 aliphatic rings. The van der Waals surface area contributed by atoms with Gasteiger partial charge < -0.3 is 9.32 Å². The molecule has 2 amide bonds. The number of aromatic nitrogens is 1. The van der Waals surface area contributed by atoms with Crippen LogP contribution in [0.2, 0.25) is 0 Å². The van der Waals surface area contributed by atoms with Crippen LogP contribution < -0.4 is 5.32 Å². The molecule has 9 heteroatoms. The van der Waals surface area contributed by atoms with Gasteiger partial charge in [0.2, 0.25) is 0 Å². The average Bonchev–Trinajstić information content (AvgIpc) is 3.32. The molecule has 6 nitrogen and oxygen atoms in total. The van der Waals surface area contributed by atoms with Crippen molar-refractivity contribution in [2.75, 3.05) is 11.9 Å². The van der Waals surface area contributed by atoms with Crippen molar-refractivity contribution in [3.8, 4) is 0 Å². The van der Waals surface area contributed by atoms with E-state index in [1.807, 2.05) is 0 Å². The van der Waals surface area contributed by atoms with Crippen LogP contribution in [-0.4, -0.2) is 28.2 Å². The van der Waals surface area contributed by atoms with Crippen LogP contribution in [0.15, 0.2) is 41.0 Å². The van der Waals surface area contributed by atoms with Crippen molar-refractivity contribution >= 4 is 28.3 Å². The summed E-state index contributed by atoms with van der Waals surface area (Å²) in [5, 5.41) is 3.09. The lowest BCUT2D eigenvalue weighted by Gasteiger charge is -2.26. The zero-order valence-corrected chi connectivity index (χ0v) is 14.7. The van der Waals surface area contributed by atoms with Gasteiger partial charge in [-0.3, -0.25) is 14.9 Å². The van der Waals surface area contributed by atoms with E-state index in [0.29, 0.717) is 24.6 Å². The summed E-state index contributed by atoms with van der Waals surface area (Å²) in [4.78, 5) is 31.4. The van der Waals surface area contributed by atoms with E-state index >= 15 is 0 Å². The fraction of sp³-hybridized carbons (Fsp3) is 0.167. The number of thiazole rings is 1. The van der Waals surface area contributed by atoms with Crippen LogP contribution >= 0.6 is 11.3 Å². The number of nitrogens with one attached hydrogen (secondary N) is 1. The van der Waals surface area contributed by atoms with Crippen molar-refractivity contribution in [3.63, 3.8) is 0 Å². The van der Waals surface area contributed by atoms with Crippen LogP contribution in [0, 0.1) is 11.6 Å². The van der Waals surface area contributed by atoms with Gasteiger partial charge in [-0.15, -0.1) is 0 Å². The molecule has 3 aromatic rings. The highest BCUT2D eigenvalue weighted by Crippen LogP contribution is 2.29. The smallest absolute Gasteiger partial charge is 0.293 e. The predicted molar refractivity (Wildman–Crippen MR) is 93.6 cm³/mol. The Bertz CT molecular complexity index is 1020. The molecular weight excluding hydrogens is 376 g/mol. The Morgan fingerprint density at radius 3 is 2.81 bits per heavy atom. The summed E-state index contributed by atoms with van der Waals surface area (Å²) in [5.41, 5.74) is 0.900. The number of carbonyl (C=O) groups is 2. The van der Waals surface area contributed by atoms with Crippen LogP contribution in [0.1, 0.15) is 31.5 Å². The van der Waals surface area contributed by atoms with Gasteiger partial charge in [-0.2, -0.15) is 0 Å². The number of anilines is 1. The van der Waals surface area contributed by atoms with E-state index < -0.39 is 17.5 Å². The van der Waals surface area contributed by atoms with Gasteiger partial charge >= 0.3 is 0 Å². The van der Waals surface area contributed by atoms with Gasteiger partial charge in [0.25, 0.3) is 11.8 Å². The van der Waals surface area contributed by atoms with Crippen molar-refractivity contribution in [2.45, 2.75) is 13.0 Å². The maximum absolute atomic E-state index is 13.4. The maximum Gasteiger partial charge on any atom is 0.293 e. The van der Waals surface area contributed by atoms with Crippen LogP contribution in [0.3, 0.4) is 0 Å². The molecule has 2 aromatic heterocycles. The molecule has 0 spiro atoms. The van der Waals surface area contributed by atoms with E-state index in [-0.39, 0.29) is 17.2 Å². The Kier molecular flexibility index (Phi) is 4.44. The topological polar surface area (TPSA) is 75.4 Å². The normalized spacial score (nSPS) is 13.3. The van der Waals surface area contributed by atoms with Gasteiger partial charge in [-0.1, -0.05) is 11.3 Å². The standard InChI is InChI=1S/C18H13F2N3O3S/c19-11-4-3-10(8-12(11)20)17(25)23-6-5-13-15(9-23)27-18(21-13)22-16(24)14-2-1-7-26-14/h1-4,7-8H,5-6,9H2,(H,21,22,24). The quantitative estimate of drug-likeness (QED) is 0.744. The van der Waals surface area contributed by atoms with Crippen LogP contribution in [-0.2, 0) is 13.0 Å². The third-order valence-corrected chi connectivity index (χ3v) is 5.15. The van der Waals surface area contributed by atoms with Gasteiger partial charge in [-0.25, -0.2) is 13.8 Å². The van der Waals surface area contributed by atoms with E-state index in [1.165, 1.54) is 23.7 Å². The lowest BCUT2D eigenvalue weighted by atomic mass is 10.1. The molecule has 3 heterocycles. The summed E-state index contributed by atoms with van der Waals surface area (Å²) in [6.45, 7) is 0.696. The number of nitrogens with zero attached hydrogens (tertiary/aromatic N) is 2. The Hall–Kier alpha value is -3.07. The predicted octanol–water partition coefficient (Wildman–Crippen LogP) is 3.47. The molecule has 0 saturated carbocycles. The Morgan fingerprint density at radius 2 is 2.07 bits per heavy atom. The number of amides is 2. The van der Waals surface area contributed by atoms with Crippen LogP contribution in [0.5, 0.6) is 0 Å². The third-order valence-electron chi connectivity index (χ3n) is 4.15. The molecule has 0 bridgehead atoms. The SMILES string of the molecule is O=C(Nc1nc2c(s1)CN(C(=O)c1ccc(F)c(F)c1)CC2)c1ccco1. The van der Waals surface area contributed by atoms with Gasteiger partial charge in [0, 0.05) is 23.4 Å². The number of carbonyl (C=O) groups excluding carboxylic acids is 2. The molecular formula is C18H13F2N3O3S. The van der Waals surface area contributed by atoms with Crippen molar-refractivity contribution in [2.24, 2.45) is 0 Å². The van der Waals surface area contributed by atoms with Gasteiger partial charge in [-0.05, 0) is 30.3 Å². The van der Waals surface area contributed by atoms with Crippen LogP contribution in [0.4, 0.5) is 13.9 Å². The molecule has 1 N–H and O–H groups in total. The largest absolute Gasteiger partial charge is 0.459 e.